The maximum atomic E-state index is 12.7. The smallest absolute Gasteiger partial charge is 0.123 e. The first-order valence-corrected chi connectivity index (χ1v) is 6.11. The molecule has 0 amide bonds. The highest BCUT2D eigenvalue weighted by molar-refractivity contribution is 5.25. The molecule has 100 valence electrons. The third-order valence-corrected chi connectivity index (χ3v) is 2.63. The predicted octanol–water partition coefficient (Wildman–Crippen LogP) is 2.70. The van der Waals surface area contributed by atoms with Gasteiger partial charge in [-0.2, -0.15) is 0 Å². The maximum Gasteiger partial charge on any atom is 0.123 e. The standard InChI is InChI=1S/C15H16FNO2/c16-13-3-7-15(8-4-13)19-10-9-17-11-12-1-5-14(18)6-2-12/h1-8,17-18H,9-11H2. The van der Waals surface area contributed by atoms with E-state index in [4.69, 9.17) is 9.84 Å². The van der Waals surface area contributed by atoms with Crippen molar-refractivity contribution in [1.82, 2.24) is 5.32 Å². The van der Waals surface area contributed by atoms with Gasteiger partial charge in [-0.05, 0) is 42.0 Å². The Hall–Kier alpha value is -2.07. The summed E-state index contributed by atoms with van der Waals surface area (Å²) in [5.41, 5.74) is 1.10. The molecule has 2 aromatic rings. The fraction of sp³-hybridized carbons (Fsp3) is 0.200. The number of halogens is 1. The Balaban J connectivity index is 1.64. The van der Waals surface area contributed by atoms with Gasteiger partial charge in [0, 0.05) is 13.1 Å². The van der Waals surface area contributed by atoms with Crippen molar-refractivity contribution in [3.63, 3.8) is 0 Å². The Kier molecular flexibility index (Phi) is 4.75. The van der Waals surface area contributed by atoms with Gasteiger partial charge in [-0.1, -0.05) is 12.1 Å². The lowest BCUT2D eigenvalue weighted by Crippen LogP contribution is -2.20. The summed E-state index contributed by atoms with van der Waals surface area (Å²) >= 11 is 0. The highest BCUT2D eigenvalue weighted by Crippen LogP contribution is 2.11. The number of benzene rings is 2. The number of aromatic hydroxyl groups is 1. The number of hydrogen-bond donors (Lipinski definition) is 2. The minimum Gasteiger partial charge on any atom is -0.508 e. The second kappa shape index (κ2) is 6.75. The van der Waals surface area contributed by atoms with Gasteiger partial charge in [-0.15, -0.1) is 0 Å². The van der Waals surface area contributed by atoms with Gasteiger partial charge in [-0.25, -0.2) is 4.39 Å². The number of hydrogen-bond acceptors (Lipinski definition) is 3. The highest BCUT2D eigenvalue weighted by Gasteiger charge is 1.95. The first-order chi connectivity index (χ1) is 9.24. The molecule has 0 aliphatic rings. The summed E-state index contributed by atoms with van der Waals surface area (Å²) in [4.78, 5) is 0. The Morgan fingerprint density at radius 1 is 1.00 bits per heavy atom. The van der Waals surface area contributed by atoms with E-state index in [1.54, 1.807) is 24.3 Å². The van der Waals surface area contributed by atoms with Crippen LogP contribution in [0.2, 0.25) is 0 Å². The Morgan fingerprint density at radius 2 is 1.68 bits per heavy atom. The second-order valence-corrected chi connectivity index (χ2v) is 4.15. The fourth-order valence-electron chi connectivity index (χ4n) is 1.62. The minimum atomic E-state index is -0.266. The summed E-state index contributed by atoms with van der Waals surface area (Å²) in [7, 11) is 0. The van der Waals surface area contributed by atoms with E-state index in [-0.39, 0.29) is 11.6 Å². The van der Waals surface area contributed by atoms with Crippen molar-refractivity contribution in [3.05, 3.63) is 59.9 Å². The van der Waals surface area contributed by atoms with Crippen LogP contribution in [-0.2, 0) is 6.54 Å². The van der Waals surface area contributed by atoms with Gasteiger partial charge in [0.15, 0.2) is 0 Å². The number of rotatable bonds is 6. The van der Waals surface area contributed by atoms with Crippen LogP contribution in [0.4, 0.5) is 4.39 Å². The molecule has 19 heavy (non-hydrogen) atoms. The summed E-state index contributed by atoms with van der Waals surface area (Å²) in [6.07, 6.45) is 0. The molecule has 0 bridgehead atoms. The molecule has 0 radical (unpaired) electrons. The summed E-state index contributed by atoms with van der Waals surface area (Å²) < 4.78 is 18.1. The van der Waals surface area contributed by atoms with Crippen molar-refractivity contribution in [2.75, 3.05) is 13.2 Å². The van der Waals surface area contributed by atoms with E-state index < -0.39 is 0 Å². The third-order valence-electron chi connectivity index (χ3n) is 2.63. The van der Waals surface area contributed by atoms with Gasteiger partial charge in [0.05, 0.1) is 0 Å². The molecule has 0 spiro atoms. The van der Waals surface area contributed by atoms with Crippen molar-refractivity contribution in [2.45, 2.75) is 6.54 Å². The van der Waals surface area contributed by atoms with Crippen LogP contribution in [0.15, 0.2) is 48.5 Å². The van der Waals surface area contributed by atoms with Crippen LogP contribution in [0.3, 0.4) is 0 Å². The quantitative estimate of drug-likeness (QED) is 0.786. The molecule has 2 N–H and O–H groups in total. The lowest BCUT2D eigenvalue weighted by atomic mass is 10.2. The molecule has 0 saturated carbocycles. The molecule has 0 fully saturated rings. The molecule has 2 rings (SSSR count). The molecule has 0 saturated heterocycles. The molecule has 2 aromatic carbocycles. The number of nitrogens with one attached hydrogen (secondary N) is 1. The summed E-state index contributed by atoms with van der Waals surface area (Å²) in [5.74, 6) is 0.661. The van der Waals surface area contributed by atoms with Crippen LogP contribution < -0.4 is 10.1 Å². The molecule has 0 heterocycles. The third kappa shape index (κ3) is 4.60. The van der Waals surface area contributed by atoms with Gasteiger partial charge in [-0.3, -0.25) is 0 Å². The fourth-order valence-corrected chi connectivity index (χ4v) is 1.62. The lowest BCUT2D eigenvalue weighted by molar-refractivity contribution is 0.313. The summed E-state index contributed by atoms with van der Waals surface area (Å²) in [6, 6.07) is 13.0. The van der Waals surface area contributed by atoms with Crippen LogP contribution in [0.25, 0.3) is 0 Å². The topological polar surface area (TPSA) is 41.5 Å². The van der Waals surface area contributed by atoms with Crippen molar-refractivity contribution in [1.29, 1.82) is 0 Å². The van der Waals surface area contributed by atoms with Gasteiger partial charge in [0.2, 0.25) is 0 Å². The highest BCUT2D eigenvalue weighted by atomic mass is 19.1. The van der Waals surface area contributed by atoms with Crippen LogP contribution >= 0.6 is 0 Å². The van der Waals surface area contributed by atoms with Crippen LogP contribution in [0.1, 0.15) is 5.56 Å². The van der Waals surface area contributed by atoms with Crippen LogP contribution in [0, 0.1) is 5.82 Å². The predicted molar refractivity (Wildman–Crippen MR) is 71.7 cm³/mol. The zero-order chi connectivity index (χ0) is 13.5. The average molecular weight is 261 g/mol. The van der Waals surface area contributed by atoms with Crippen molar-refractivity contribution < 1.29 is 14.2 Å². The first kappa shape index (κ1) is 13.4. The monoisotopic (exact) mass is 261 g/mol. The average Bonchev–Trinajstić information content (AvgIpc) is 2.43. The molecule has 0 unspecified atom stereocenters. The van der Waals surface area contributed by atoms with E-state index >= 15 is 0 Å². The summed E-state index contributed by atoms with van der Waals surface area (Å²) in [5, 5.41) is 12.4. The molecule has 0 aliphatic heterocycles. The van der Waals surface area contributed by atoms with Crippen molar-refractivity contribution in [2.24, 2.45) is 0 Å². The van der Waals surface area contributed by atoms with Gasteiger partial charge < -0.3 is 15.2 Å². The van der Waals surface area contributed by atoms with Crippen LogP contribution in [-0.4, -0.2) is 18.3 Å². The van der Waals surface area contributed by atoms with E-state index in [1.807, 2.05) is 12.1 Å². The minimum absolute atomic E-state index is 0.266. The molecule has 0 aromatic heterocycles. The van der Waals surface area contributed by atoms with E-state index in [2.05, 4.69) is 5.32 Å². The van der Waals surface area contributed by atoms with E-state index in [9.17, 15) is 4.39 Å². The SMILES string of the molecule is Oc1ccc(CNCCOc2ccc(F)cc2)cc1. The second-order valence-electron chi connectivity index (χ2n) is 4.15. The van der Waals surface area contributed by atoms with E-state index in [0.29, 0.717) is 25.4 Å². The zero-order valence-electron chi connectivity index (χ0n) is 10.5. The molecular weight excluding hydrogens is 245 g/mol. The largest absolute Gasteiger partial charge is 0.508 e. The maximum absolute atomic E-state index is 12.7. The van der Waals surface area contributed by atoms with Crippen molar-refractivity contribution in [3.8, 4) is 11.5 Å². The molecule has 0 aliphatic carbocycles. The number of phenols is 1. The Bertz CT molecular complexity index is 449. The normalized spacial score (nSPS) is 10.4. The van der Waals surface area contributed by atoms with E-state index in [0.717, 1.165) is 5.56 Å². The molecule has 4 heteroatoms. The molecule has 0 atom stereocenters. The zero-order valence-corrected chi connectivity index (χ0v) is 10.5. The summed E-state index contributed by atoms with van der Waals surface area (Å²) in [6.45, 7) is 1.93. The van der Waals surface area contributed by atoms with Gasteiger partial charge >= 0.3 is 0 Å². The van der Waals surface area contributed by atoms with Crippen molar-refractivity contribution >= 4 is 0 Å². The molecule has 3 nitrogen and oxygen atoms in total. The Morgan fingerprint density at radius 3 is 2.37 bits per heavy atom. The molecular formula is C15H16FNO2. The van der Waals surface area contributed by atoms with Gasteiger partial charge in [0.1, 0.15) is 23.9 Å². The number of ether oxygens (including phenoxy) is 1. The van der Waals surface area contributed by atoms with Gasteiger partial charge in [0.25, 0.3) is 0 Å². The first-order valence-electron chi connectivity index (χ1n) is 6.11. The van der Waals surface area contributed by atoms with Crippen LogP contribution in [0.5, 0.6) is 11.5 Å². The Labute approximate surface area is 111 Å². The number of phenolic OH excluding ortho intramolecular Hbond substituents is 1. The van der Waals surface area contributed by atoms with E-state index in [1.165, 1.54) is 12.1 Å². The lowest BCUT2D eigenvalue weighted by Gasteiger charge is -2.07.